The third-order valence-electron chi connectivity index (χ3n) is 3.17. The van der Waals surface area contributed by atoms with Crippen LogP contribution in [0.25, 0.3) is 0 Å². The van der Waals surface area contributed by atoms with E-state index in [9.17, 15) is 4.79 Å². The number of ether oxygens (including phenoxy) is 2. The predicted octanol–water partition coefficient (Wildman–Crippen LogP) is 1.63. The van der Waals surface area contributed by atoms with Crippen LogP contribution >= 0.6 is 0 Å². The number of hydrogen-bond acceptors (Lipinski definition) is 3. The predicted molar refractivity (Wildman–Crippen MR) is 65.8 cm³/mol. The molecule has 2 N–H and O–H groups in total. The molecule has 0 aromatic heterocycles. The lowest BCUT2D eigenvalue weighted by Gasteiger charge is -2.26. The molecule has 0 spiro atoms. The van der Waals surface area contributed by atoms with Crippen molar-refractivity contribution in [2.24, 2.45) is 0 Å². The number of nitrogens with one attached hydrogen (secondary N) is 2. The second kappa shape index (κ2) is 7.50. The van der Waals surface area contributed by atoms with Gasteiger partial charge in [0.25, 0.3) is 0 Å². The summed E-state index contributed by atoms with van der Waals surface area (Å²) < 4.78 is 10.2. The van der Waals surface area contributed by atoms with Crippen molar-refractivity contribution in [3.63, 3.8) is 0 Å². The Morgan fingerprint density at radius 2 is 1.76 bits per heavy atom. The lowest BCUT2D eigenvalue weighted by atomic mass is 9.96. The maximum atomic E-state index is 11.7. The van der Waals surface area contributed by atoms with Crippen LogP contribution in [0.2, 0.25) is 0 Å². The monoisotopic (exact) mass is 244 g/mol. The largest absolute Gasteiger partial charge is 0.354 e. The van der Waals surface area contributed by atoms with Gasteiger partial charge in [-0.3, -0.25) is 0 Å². The molecule has 1 atom stereocenters. The number of methoxy groups -OCH3 is 2. The van der Waals surface area contributed by atoms with Crippen molar-refractivity contribution in [2.45, 2.75) is 57.4 Å². The molecule has 1 rings (SSSR count). The summed E-state index contributed by atoms with van der Waals surface area (Å²) in [6.45, 7) is 1.86. The molecule has 0 heterocycles. The molecule has 1 aliphatic rings. The van der Waals surface area contributed by atoms with Crippen LogP contribution in [0.4, 0.5) is 4.79 Å². The van der Waals surface area contributed by atoms with E-state index in [1.54, 1.807) is 14.2 Å². The highest BCUT2D eigenvalue weighted by Gasteiger charge is 2.20. The zero-order chi connectivity index (χ0) is 12.7. The topological polar surface area (TPSA) is 59.6 Å². The molecule has 17 heavy (non-hydrogen) atoms. The molecule has 5 heteroatoms. The smallest absolute Gasteiger partial charge is 0.315 e. The van der Waals surface area contributed by atoms with Gasteiger partial charge in [0.1, 0.15) is 0 Å². The molecule has 2 amide bonds. The van der Waals surface area contributed by atoms with E-state index in [1.165, 1.54) is 19.3 Å². The molecule has 5 nitrogen and oxygen atoms in total. The first-order valence-electron chi connectivity index (χ1n) is 6.30. The van der Waals surface area contributed by atoms with Gasteiger partial charge < -0.3 is 20.1 Å². The van der Waals surface area contributed by atoms with Crippen molar-refractivity contribution in [2.75, 3.05) is 14.2 Å². The normalized spacial score (nSPS) is 19.1. The summed E-state index contributed by atoms with van der Waals surface area (Å²) in [6, 6.07) is 0.0107. The average molecular weight is 244 g/mol. The van der Waals surface area contributed by atoms with Gasteiger partial charge in [-0.05, 0) is 19.8 Å². The average Bonchev–Trinajstić information content (AvgIpc) is 2.31. The third kappa shape index (κ3) is 4.91. The maximum Gasteiger partial charge on any atom is 0.315 e. The van der Waals surface area contributed by atoms with Crippen molar-refractivity contribution in [3.05, 3.63) is 0 Å². The summed E-state index contributed by atoms with van der Waals surface area (Å²) in [5, 5.41) is 5.82. The van der Waals surface area contributed by atoms with E-state index < -0.39 is 6.29 Å². The maximum absolute atomic E-state index is 11.7. The van der Waals surface area contributed by atoms with Crippen LogP contribution in [0, 0.1) is 0 Å². The zero-order valence-electron chi connectivity index (χ0n) is 11.0. The lowest BCUT2D eigenvalue weighted by molar-refractivity contribution is -0.117. The van der Waals surface area contributed by atoms with Crippen molar-refractivity contribution < 1.29 is 14.3 Å². The molecular formula is C12H24N2O3. The molecule has 100 valence electrons. The van der Waals surface area contributed by atoms with Gasteiger partial charge in [0, 0.05) is 20.3 Å². The van der Waals surface area contributed by atoms with Gasteiger partial charge in [-0.25, -0.2) is 4.79 Å². The van der Waals surface area contributed by atoms with Crippen LogP contribution in [0.15, 0.2) is 0 Å². The Labute approximate surface area is 103 Å². The number of carbonyl (C=O) groups excluding carboxylic acids is 1. The van der Waals surface area contributed by atoms with E-state index in [0.717, 1.165) is 12.8 Å². The Morgan fingerprint density at radius 3 is 2.29 bits per heavy atom. The molecule has 1 aliphatic carbocycles. The fourth-order valence-electron chi connectivity index (χ4n) is 2.25. The van der Waals surface area contributed by atoms with Gasteiger partial charge in [0.05, 0.1) is 6.04 Å². The molecule has 0 aromatic carbocycles. The first-order chi connectivity index (χ1) is 8.17. The first kappa shape index (κ1) is 14.3. The number of urea groups is 1. The fourth-order valence-corrected chi connectivity index (χ4v) is 2.25. The minimum Gasteiger partial charge on any atom is -0.354 e. The molecule has 1 unspecified atom stereocenters. The van der Waals surface area contributed by atoms with Gasteiger partial charge in [-0.1, -0.05) is 19.3 Å². The highest BCUT2D eigenvalue weighted by molar-refractivity contribution is 5.74. The molecule has 0 saturated heterocycles. The van der Waals surface area contributed by atoms with Gasteiger partial charge in [0.2, 0.25) is 0 Å². The van der Waals surface area contributed by atoms with Crippen LogP contribution in [-0.2, 0) is 9.47 Å². The summed E-state index contributed by atoms with van der Waals surface area (Å²) >= 11 is 0. The molecule has 0 radical (unpaired) electrons. The van der Waals surface area contributed by atoms with E-state index in [0.29, 0.717) is 6.04 Å². The number of amides is 2. The SMILES string of the molecule is COC(OC)C(C)NC(=O)NC1CCCCC1. The Bertz CT molecular complexity index is 226. The third-order valence-corrected chi connectivity index (χ3v) is 3.17. The van der Waals surface area contributed by atoms with E-state index in [-0.39, 0.29) is 12.1 Å². The second-order valence-electron chi connectivity index (χ2n) is 4.58. The summed E-state index contributed by atoms with van der Waals surface area (Å²) in [7, 11) is 3.12. The highest BCUT2D eigenvalue weighted by Crippen LogP contribution is 2.17. The van der Waals surface area contributed by atoms with Gasteiger partial charge in [0.15, 0.2) is 6.29 Å². The van der Waals surface area contributed by atoms with E-state index in [1.807, 2.05) is 6.92 Å². The molecular weight excluding hydrogens is 220 g/mol. The van der Waals surface area contributed by atoms with E-state index in [2.05, 4.69) is 10.6 Å². The second-order valence-corrected chi connectivity index (χ2v) is 4.58. The van der Waals surface area contributed by atoms with Crippen LogP contribution in [-0.4, -0.2) is 38.6 Å². The van der Waals surface area contributed by atoms with Crippen molar-refractivity contribution >= 4 is 6.03 Å². The van der Waals surface area contributed by atoms with Gasteiger partial charge in [-0.2, -0.15) is 0 Å². The van der Waals surface area contributed by atoms with Gasteiger partial charge in [-0.15, -0.1) is 0 Å². The summed E-state index contributed by atoms with van der Waals surface area (Å²) in [4.78, 5) is 11.7. The summed E-state index contributed by atoms with van der Waals surface area (Å²) in [6.07, 6.45) is 5.45. The Balaban J connectivity index is 2.27. The Kier molecular flexibility index (Phi) is 6.29. The van der Waals surface area contributed by atoms with Gasteiger partial charge >= 0.3 is 6.03 Å². The van der Waals surface area contributed by atoms with E-state index >= 15 is 0 Å². The minimum atomic E-state index is -0.410. The van der Waals surface area contributed by atoms with Crippen LogP contribution in [0.3, 0.4) is 0 Å². The highest BCUT2D eigenvalue weighted by atomic mass is 16.7. The van der Waals surface area contributed by atoms with Crippen molar-refractivity contribution in [1.29, 1.82) is 0 Å². The zero-order valence-corrected chi connectivity index (χ0v) is 11.0. The number of carbonyl (C=O) groups is 1. The number of rotatable bonds is 5. The summed E-state index contributed by atoms with van der Waals surface area (Å²) in [5.41, 5.74) is 0. The fraction of sp³-hybridized carbons (Fsp3) is 0.917. The molecule has 0 aromatic rings. The Hall–Kier alpha value is -0.810. The molecule has 0 aliphatic heterocycles. The standard InChI is InChI=1S/C12H24N2O3/c1-9(11(16-2)17-3)13-12(15)14-10-7-5-4-6-8-10/h9-11H,4-8H2,1-3H3,(H2,13,14,15). The molecule has 0 bridgehead atoms. The number of hydrogen-bond donors (Lipinski definition) is 2. The summed E-state index contributed by atoms with van der Waals surface area (Å²) in [5.74, 6) is 0. The quantitative estimate of drug-likeness (QED) is 0.723. The molecule has 1 saturated carbocycles. The van der Waals surface area contributed by atoms with Crippen molar-refractivity contribution in [1.82, 2.24) is 10.6 Å². The van der Waals surface area contributed by atoms with Crippen molar-refractivity contribution in [3.8, 4) is 0 Å². The Morgan fingerprint density at radius 1 is 1.18 bits per heavy atom. The molecule has 1 fully saturated rings. The van der Waals surface area contributed by atoms with Crippen LogP contribution in [0.1, 0.15) is 39.0 Å². The first-order valence-corrected chi connectivity index (χ1v) is 6.30. The van der Waals surface area contributed by atoms with Crippen LogP contribution in [0.5, 0.6) is 0 Å². The van der Waals surface area contributed by atoms with E-state index in [4.69, 9.17) is 9.47 Å². The van der Waals surface area contributed by atoms with Crippen LogP contribution < -0.4 is 10.6 Å². The lowest BCUT2D eigenvalue weighted by Crippen LogP contribution is -2.50. The minimum absolute atomic E-state index is 0.136.